The maximum Gasteiger partial charge on any atom is 0.338 e. The first-order valence-electron chi connectivity index (χ1n) is 6.70. The summed E-state index contributed by atoms with van der Waals surface area (Å²) >= 11 is 0. The third kappa shape index (κ3) is 3.68. The van der Waals surface area contributed by atoms with E-state index in [2.05, 4.69) is 33.0 Å². The zero-order chi connectivity index (χ0) is 15.4. The standard InChI is InChI=1S/C15H21F2NO2/c1-8(2)11(9(3)4)7-18-12-6-5-10(15(19)20)13(16)14(12)17/h5-6,8-9,11,18H,7H2,1-4H3,(H,19,20). The summed E-state index contributed by atoms with van der Waals surface area (Å²) < 4.78 is 27.3. The molecular weight excluding hydrogens is 264 g/mol. The van der Waals surface area contributed by atoms with Crippen molar-refractivity contribution < 1.29 is 18.7 Å². The van der Waals surface area contributed by atoms with Gasteiger partial charge in [0.2, 0.25) is 0 Å². The lowest BCUT2D eigenvalue weighted by Gasteiger charge is -2.25. The molecular formula is C15H21F2NO2. The van der Waals surface area contributed by atoms with Crippen LogP contribution in [-0.4, -0.2) is 17.6 Å². The first-order chi connectivity index (χ1) is 9.25. The lowest BCUT2D eigenvalue weighted by atomic mass is 9.85. The molecule has 0 saturated heterocycles. The molecule has 0 aliphatic carbocycles. The van der Waals surface area contributed by atoms with Crippen LogP contribution < -0.4 is 5.32 Å². The van der Waals surface area contributed by atoms with Crippen LogP contribution >= 0.6 is 0 Å². The molecule has 0 aliphatic rings. The SMILES string of the molecule is CC(C)C(CNc1ccc(C(=O)O)c(F)c1F)C(C)C. The molecule has 0 amide bonds. The third-order valence-electron chi connectivity index (χ3n) is 3.55. The largest absolute Gasteiger partial charge is 0.478 e. The summed E-state index contributed by atoms with van der Waals surface area (Å²) in [6.07, 6.45) is 0. The van der Waals surface area contributed by atoms with E-state index < -0.39 is 23.2 Å². The number of aromatic carboxylic acids is 1. The van der Waals surface area contributed by atoms with Crippen LogP contribution in [0.2, 0.25) is 0 Å². The second-order valence-corrected chi connectivity index (χ2v) is 5.63. The van der Waals surface area contributed by atoms with Crippen LogP contribution in [0.1, 0.15) is 38.1 Å². The second kappa shape index (κ2) is 6.68. The van der Waals surface area contributed by atoms with Gasteiger partial charge in [0.05, 0.1) is 11.3 Å². The Morgan fingerprint density at radius 2 is 1.70 bits per heavy atom. The monoisotopic (exact) mass is 285 g/mol. The lowest BCUT2D eigenvalue weighted by molar-refractivity contribution is 0.0690. The highest BCUT2D eigenvalue weighted by molar-refractivity contribution is 5.88. The van der Waals surface area contributed by atoms with Gasteiger partial charge in [-0.2, -0.15) is 0 Å². The molecule has 0 spiro atoms. The van der Waals surface area contributed by atoms with Crippen LogP contribution in [-0.2, 0) is 0 Å². The molecule has 1 rings (SSSR count). The minimum absolute atomic E-state index is 0.00111. The van der Waals surface area contributed by atoms with Gasteiger partial charge in [-0.3, -0.25) is 0 Å². The summed E-state index contributed by atoms with van der Waals surface area (Å²) in [7, 11) is 0. The maximum absolute atomic E-state index is 13.8. The Morgan fingerprint density at radius 1 is 1.15 bits per heavy atom. The van der Waals surface area contributed by atoms with Gasteiger partial charge in [0.1, 0.15) is 0 Å². The molecule has 3 nitrogen and oxygen atoms in total. The Bertz CT molecular complexity index is 479. The quantitative estimate of drug-likeness (QED) is 0.830. The molecule has 1 aromatic carbocycles. The van der Waals surface area contributed by atoms with Gasteiger partial charge < -0.3 is 10.4 Å². The fraction of sp³-hybridized carbons (Fsp3) is 0.533. The van der Waals surface area contributed by atoms with Gasteiger partial charge >= 0.3 is 5.97 Å². The smallest absolute Gasteiger partial charge is 0.338 e. The molecule has 0 fully saturated rings. The van der Waals surface area contributed by atoms with Gasteiger partial charge in [-0.15, -0.1) is 0 Å². The van der Waals surface area contributed by atoms with Crippen molar-refractivity contribution in [3.05, 3.63) is 29.3 Å². The molecule has 0 bridgehead atoms. The Labute approximate surface area is 118 Å². The Hall–Kier alpha value is -1.65. The van der Waals surface area contributed by atoms with Crippen LogP contribution in [0, 0.1) is 29.4 Å². The molecule has 112 valence electrons. The number of hydrogen-bond acceptors (Lipinski definition) is 2. The van der Waals surface area contributed by atoms with E-state index in [4.69, 9.17) is 5.11 Å². The van der Waals surface area contributed by atoms with E-state index >= 15 is 0 Å². The number of anilines is 1. The molecule has 0 aliphatic heterocycles. The number of nitrogens with one attached hydrogen (secondary N) is 1. The minimum atomic E-state index is -1.48. The van der Waals surface area contributed by atoms with Crippen molar-refractivity contribution in [1.29, 1.82) is 0 Å². The summed E-state index contributed by atoms with van der Waals surface area (Å²) in [6.45, 7) is 8.83. The van der Waals surface area contributed by atoms with Crippen molar-refractivity contribution in [3.63, 3.8) is 0 Å². The van der Waals surface area contributed by atoms with Crippen molar-refractivity contribution in [2.24, 2.45) is 17.8 Å². The van der Waals surface area contributed by atoms with Crippen molar-refractivity contribution in [1.82, 2.24) is 0 Å². The Morgan fingerprint density at radius 3 is 2.15 bits per heavy atom. The first-order valence-corrected chi connectivity index (χ1v) is 6.70. The van der Waals surface area contributed by atoms with E-state index in [1.807, 2.05) is 0 Å². The van der Waals surface area contributed by atoms with Crippen LogP contribution in [0.3, 0.4) is 0 Å². The van der Waals surface area contributed by atoms with Crippen LogP contribution in [0.15, 0.2) is 12.1 Å². The normalized spacial score (nSPS) is 11.4. The predicted octanol–water partition coefficient (Wildman–Crippen LogP) is 4.00. The van der Waals surface area contributed by atoms with Crippen LogP contribution in [0.25, 0.3) is 0 Å². The third-order valence-corrected chi connectivity index (χ3v) is 3.55. The number of benzene rings is 1. The summed E-state index contributed by atoms with van der Waals surface area (Å²) in [6, 6.07) is 2.34. The highest BCUT2D eigenvalue weighted by Gasteiger charge is 2.20. The van der Waals surface area contributed by atoms with Gasteiger partial charge in [0.25, 0.3) is 0 Å². The van der Waals surface area contributed by atoms with Crippen molar-refractivity contribution >= 4 is 11.7 Å². The van der Waals surface area contributed by atoms with E-state index in [1.54, 1.807) is 0 Å². The first kappa shape index (κ1) is 16.4. The maximum atomic E-state index is 13.8. The number of hydrogen-bond donors (Lipinski definition) is 2. The Kier molecular flexibility index (Phi) is 5.48. The molecule has 0 saturated carbocycles. The van der Waals surface area contributed by atoms with Gasteiger partial charge in [0, 0.05) is 6.54 Å². The highest BCUT2D eigenvalue weighted by atomic mass is 19.2. The van der Waals surface area contributed by atoms with Crippen molar-refractivity contribution in [2.45, 2.75) is 27.7 Å². The molecule has 1 aromatic rings. The van der Waals surface area contributed by atoms with E-state index in [9.17, 15) is 13.6 Å². The molecule has 0 aromatic heterocycles. The van der Waals surface area contributed by atoms with Crippen LogP contribution in [0.4, 0.5) is 14.5 Å². The minimum Gasteiger partial charge on any atom is -0.478 e. The molecule has 0 atom stereocenters. The topological polar surface area (TPSA) is 49.3 Å². The molecule has 0 radical (unpaired) electrons. The fourth-order valence-electron chi connectivity index (χ4n) is 2.32. The zero-order valence-electron chi connectivity index (χ0n) is 12.2. The van der Waals surface area contributed by atoms with Crippen molar-refractivity contribution in [2.75, 3.05) is 11.9 Å². The zero-order valence-corrected chi connectivity index (χ0v) is 12.2. The van der Waals surface area contributed by atoms with E-state index in [-0.39, 0.29) is 5.69 Å². The molecule has 0 unspecified atom stereocenters. The summed E-state index contributed by atoms with van der Waals surface area (Å²) in [5, 5.41) is 11.6. The van der Waals surface area contributed by atoms with E-state index in [0.29, 0.717) is 24.3 Å². The average Bonchev–Trinajstić information content (AvgIpc) is 2.33. The molecule has 20 heavy (non-hydrogen) atoms. The predicted molar refractivity (Wildman–Crippen MR) is 75.0 cm³/mol. The van der Waals surface area contributed by atoms with Gasteiger partial charge in [-0.1, -0.05) is 27.7 Å². The van der Waals surface area contributed by atoms with Crippen LogP contribution in [0.5, 0.6) is 0 Å². The van der Waals surface area contributed by atoms with E-state index in [1.165, 1.54) is 6.07 Å². The molecule has 5 heteroatoms. The fourth-order valence-corrected chi connectivity index (χ4v) is 2.32. The number of carboxylic acid groups (broad SMARTS) is 1. The number of halogens is 2. The van der Waals surface area contributed by atoms with E-state index in [0.717, 1.165) is 6.07 Å². The lowest BCUT2D eigenvalue weighted by Crippen LogP contribution is -2.25. The highest BCUT2D eigenvalue weighted by Crippen LogP contribution is 2.24. The Balaban J connectivity index is 2.89. The molecule has 0 heterocycles. The van der Waals surface area contributed by atoms with Gasteiger partial charge in [-0.25, -0.2) is 13.6 Å². The van der Waals surface area contributed by atoms with Gasteiger partial charge in [-0.05, 0) is 29.9 Å². The summed E-state index contributed by atoms with van der Waals surface area (Å²) in [4.78, 5) is 10.7. The molecule has 2 N–H and O–H groups in total. The van der Waals surface area contributed by atoms with Crippen molar-refractivity contribution in [3.8, 4) is 0 Å². The summed E-state index contributed by atoms with van der Waals surface area (Å²) in [5.74, 6) is -2.81. The van der Waals surface area contributed by atoms with Gasteiger partial charge in [0.15, 0.2) is 11.6 Å². The number of rotatable bonds is 6. The summed E-state index contributed by atoms with van der Waals surface area (Å²) in [5.41, 5.74) is -0.656. The number of carbonyl (C=O) groups is 1. The average molecular weight is 285 g/mol. The second-order valence-electron chi connectivity index (χ2n) is 5.63. The number of carboxylic acids is 1.